The molecule has 2 rings (SSSR count). The number of likely N-dealkylation sites (tertiary alicyclic amines) is 1. The Labute approximate surface area is 119 Å². The maximum absolute atomic E-state index is 11.9. The number of aryl methyl sites for hydroxylation is 2. The van der Waals surface area contributed by atoms with Gasteiger partial charge in [0.25, 0.3) is 0 Å². The molecule has 1 aliphatic rings. The topological polar surface area (TPSA) is 75.4 Å². The predicted molar refractivity (Wildman–Crippen MR) is 71.4 cm³/mol. The van der Waals surface area contributed by atoms with Crippen LogP contribution in [0.5, 0.6) is 0 Å². The summed E-state index contributed by atoms with van der Waals surface area (Å²) in [6.07, 6.45) is 0.724. The van der Waals surface area contributed by atoms with Crippen molar-refractivity contribution in [3.8, 4) is 0 Å². The number of nitrogens with zero attached hydrogens (tertiary/aromatic N) is 3. The Bertz CT molecular complexity index is 527. The zero-order valence-electron chi connectivity index (χ0n) is 10.9. The molecule has 0 spiro atoms. The quantitative estimate of drug-likeness (QED) is 0.907. The molecule has 2 heterocycles. The summed E-state index contributed by atoms with van der Waals surface area (Å²) in [5, 5.41) is 13.3. The Morgan fingerprint density at radius 3 is 2.79 bits per heavy atom. The van der Waals surface area contributed by atoms with Gasteiger partial charge in [0.2, 0.25) is 5.91 Å². The summed E-state index contributed by atoms with van der Waals surface area (Å²) in [4.78, 5) is 24.5. The highest BCUT2D eigenvalue weighted by Gasteiger charge is 2.31. The van der Waals surface area contributed by atoms with Gasteiger partial charge >= 0.3 is 5.97 Å². The minimum Gasteiger partial charge on any atom is -0.481 e. The van der Waals surface area contributed by atoms with Crippen molar-refractivity contribution in [1.82, 2.24) is 14.7 Å². The summed E-state index contributed by atoms with van der Waals surface area (Å²) in [6.45, 7) is 2.54. The lowest BCUT2D eigenvalue weighted by molar-refractivity contribution is -0.147. The van der Waals surface area contributed by atoms with E-state index in [-0.39, 0.29) is 12.5 Å². The first-order valence-corrected chi connectivity index (χ1v) is 6.88. The van der Waals surface area contributed by atoms with Crippen molar-refractivity contribution < 1.29 is 14.7 Å². The minimum absolute atomic E-state index is 0.00301. The maximum Gasteiger partial charge on any atom is 0.308 e. The molecule has 6 nitrogen and oxygen atoms in total. The molecule has 7 heteroatoms. The van der Waals surface area contributed by atoms with Crippen LogP contribution in [0.15, 0.2) is 4.47 Å². The van der Waals surface area contributed by atoms with Crippen LogP contribution in [0.25, 0.3) is 0 Å². The van der Waals surface area contributed by atoms with E-state index in [2.05, 4.69) is 21.0 Å². The lowest BCUT2D eigenvalue weighted by atomic mass is 9.97. The van der Waals surface area contributed by atoms with Gasteiger partial charge in [-0.3, -0.25) is 14.3 Å². The SMILES string of the molecule is Cc1nn(C)c(CN2CC(C(=O)O)CCC2=O)c1Br. The van der Waals surface area contributed by atoms with Crippen LogP contribution in [0.1, 0.15) is 24.2 Å². The zero-order chi connectivity index (χ0) is 14.2. The van der Waals surface area contributed by atoms with Crippen molar-refractivity contribution in [1.29, 1.82) is 0 Å². The summed E-state index contributed by atoms with van der Waals surface area (Å²) in [6, 6.07) is 0. The molecule has 0 saturated carbocycles. The molecule has 1 saturated heterocycles. The molecule has 1 aromatic heterocycles. The Kier molecular flexibility index (Phi) is 3.93. The number of carboxylic acids is 1. The van der Waals surface area contributed by atoms with Gasteiger partial charge in [-0.05, 0) is 29.3 Å². The molecule has 0 radical (unpaired) electrons. The highest BCUT2D eigenvalue weighted by Crippen LogP contribution is 2.25. The van der Waals surface area contributed by atoms with Gasteiger partial charge in [-0.25, -0.2) is 0 Å². The number of amides is 1. The van der Waals surface area contributed by atoms with Crippen molar-refractivity contribution >= 4 is 27.8 Å². The number of carboxylic acid groups (broad SMARTS) is 1. The van der Waals surface area contributed by atoms with E-state index < -0.39 is 11.9 Å². The van der Waals surface area contributed by atoms with Crippen molar-refractivity contribution in [3.05, 3.63) is 15.9 Å². The van der Waals surface area contributed by atoms with E-state index in [1.807, 2.05) is 14.0 Å². The van der Waals surface area contributed by atoms with E-state index in [1.54, 1.807) is 9.58 Å². The second kappa shape index (κ2) is 5.32. The molecular weight excluding hydrogens is 314 g/mol. The van der Waals surface area contributed by atoms with Gasteiger partial charge in [0.15, 0.2) is 0 Å². The van der Waals surface area contributed by atoms with Crippen molar-refractivity contribution in [2.24, 2.45) is 13.0 Å². The fraction of sp³-hybridized carbons (Fsp3) is 0.583. The first-order chi connectivity index (χ1) is 8.90. The molecular formula is C12H16BrN3O3. The fourth-order valence-corrected chi connectivity index (χ4v) is 2.76. The molecule has 19 heavy (non-hydrogen) atoms. The average molecular weight is 330 g/mol. The smallest absolute Gasteiger partial charge is 0.308 e. The van der Waals surface area contributed by atoms with Crippen LogP contribution >= 0.6 is 15.9 Å². The molecule has 1 amide bonds. The molecule has 1 aliphatic heterocycles. The molecule has 1 unspecified atom stereocenters. The molecule has 1 atom stereocenters. The largest absolute Gasteiger partial charge is 0.481 e. The second-order valence-corrected chi connectivity index (χ2v) is 5.61. The molecule has 1 fully saturated rings. The average Bonchev–Trinajstić information content (AvgIpc) is 2.58. The van der Waals surface area contributed by atoms with Crippen LogP contribution in [-0.4, -0.2) is 38.2 Å². The maximum atomic E-state index is 11.9. The molecule has 1 N–H and O–H groups in total. The Morgan fingerprint density at radius 2 is 2.26 bits per heavy atom. The highest BCUT2D eigenvalue weighted by molar-refractivity contribution is 9.10. The highest BCUT2D eigenvalue weighted by atomic mass is 79.9. The van der Waals surface area contributed by atoms with Gasteiger partial charge in [-0.15, -0.1) is 0 Å². The second-order valence-electron chi connectivity index (χ2n) is 4.82. The van der Waals surface area contributed by atoms with Gasteiger partial charge in [0.05, 0.1) is 28.3 Å². The van der Waals surface area contributed by atoms with Gasteiger partial charge in [-0.1, -0.05) is 0 Å². The molecule has 0 aromatic carbocycles. The van der Waals surface area contributed by atoms with Crippen LogP contribution in [0.2, 0.25) is 0 Å². The van der Waals surface area contributed by atoms with Crippen molar-refractivity contribution in [3.63, 3.8) is 0 Å². The molecule has 0 aliphatic carbocycles. The van der Waals surface area contributed by atoms with Crippen LogP contribution < -0.4 is 0 Å². The Morgan fingerprint density at radius 1 is 1.58 bits per heavy atom. The Balaban J connectivity index is 2.16. The monoisotopic (exact) mass is 329 g/mol. The summed E-state index contributed by atoms with van der Waals surface area (Å²) in [7, 11) is 1.82. The summed E-state index contributed by atoms with van der Waals surface area (Å²) in [5.41, 5.74) is 1.74. The van der Waals surface area contributed by atoms with Crippen LogP contribution in [0.3, 0.4) is 0 Å². The van der Waals surface area contributed by atoms with Crippen LogP contribution in [0, 0.1) is 12.8 Å². The van der Waals surface area contributed by atoms with Crippen LogP contribution in [0.4, 0.5) is 0 Å². The number of piperidine rings is 1. The zero-order valence-corrected chi connectivity index (χ0v) is 12.5. The van der Waals surface area contributed by atoms with E-state index in [0.29, 0.717) is 19.4 Å². The fourth-order valence-electron chi connectivity index (χ4n) is 2.30. The van der Waals surface area contributed by atoms with E-state index in [4.69, 9.17) is 5.11 Å². The third kappa shape index (κ3) is 2.80. The number of halogens is 1. The van der Waals surface area contributed by atoms with Crippen molar-refractivity contribution in [2.45, 2.75) is 26.3 Å². The summed E-state index contributed by atoms with van der Waals surface area (Å²) in [5.74, 6) is -1.30. The normalized spacial score (nSPS) is 19.8. The van der Waals surface area contributed by atoms with Crippen molar-refractivity contribution in [2.75, 3.05) is 6.54 Å². The van der Waals surface area contributed by atoms with E-state index in [9.17, 15) is 9.59 Å². The lowest BCUT2D eigenvalue weighted by Gasteiger charge is -2.30. The van der Waals surface area contributed by atoms with Gasteiger partial charge < -0.3 is 10.0 Å². The number of aromatic nitrogens is 2. The van der Waals surface area contributed by atoms with Gasteiger partial charge in [0.1, 0.15) is 0 Å². The number of aliphatic carboxylic acids is 1. The third-order valence-electron chi connectivity index (χ3n) is 3.45. The third-order valence-corrected chi connectivity index (χ3v) is 4.48. The summed E-state index contributed by atoms with van der Waals surface area (Å²) < 4.78 is 2.59. The first kappa shape index (κ1) is 14.0. The number of hydrogen-bond donors (Lipinski definition) is 1. The van der Waals surface area contributed by atoms with E-state index >= 15 is 0 Å². The van der Waals surface area contributed by atoms with E-state index in [0.717, 1.165) is 15.9 Å². The van der Waals surface area contributed by atoms with Crippen LogP contribution in [-0.2, 0) is 23.2 Å². The molecule has 104 valence electrons. The number of hydrogen-bond acceptors (Lipinski definition) is 3. The standard InChI is InChI=1S/C12H16BrN3O3/c1-7-11(13)9(15(2)14-7)6-16-5-8(12(18)19)3-4-10(16)17/h8H,3-6H2,1-2H3,(H,18,19). The first-order valence-electron chi connectivity index (χ1n) is 6.08. The van der Waals surface area contributed by atoms with Gasteiger partial charge in [-0.2, -0.15) is 5.10 Å². The Hall–Kier alpha value is -1.37. The molecule has 1 aromatic rings. The predicted octanol–water partition coefficient (Wildman–Crippen LogP) is 1.31. The minimum atomic E-state index is -0.835. The molecule has 0 bridgehead atoms. The number of carbonyl (C=O) groups excluding carboxylic acids is 1. The van der Waals surface area contributed by atoms with E-state index in [1.165, 1.54) is 0 Å². The number of rotatable bonds is 3. The lowest BCUT2D eigenvalue weighted by Crippen LogP contribution is -2.42. The number of carbonyl (C=O) groups is 2. The summed E-state index contributed by atoms with van der Waals surface area (Å²) >= 11 is 3.45. The van der Waals surface area contributed by atoms with Gasteiger partial charge in [0, 0.05) is 20.0 Å².